The van der Waals surface area contributed by atoms with Crippen molar-refractivity contribution in [1.82, 2.24) is 15.0 Å². The molecule has 36 heavy (non-hydrogen) atoms. The van der Waals surface area contributed by atoms with E-state index < -0.39 is 11.2 Å². The molecule has 0 bridgehead atoms. The SMILES string of the molecule is CCOc1cc2ncnc(Nc3ccc(F)c(Cl)c3)c2cc1Nc1ccc(C2(C#N)CCCC2)cn1. The van der Waals surface area contributed by atoms with Crippen molar-refractivity contribution in [2.75, 3.05) is 17.2 Å². The summed E-state index contributed by atoms with van der Waals surface area (Å²) in [4.78, 5) is 13.4. The summed E-state index contributed by atoms with van der Waals surface area (Å²) in [7, 11) is 0. The lowest BCUT2D eigenvalue weighted by molar-refractivity contribution is 0.342. The number of nitriles is 1. The first-order valence-electron chi connectivity index (χ1n) is 11.8. The van der Waals surface area contributed by atoms with Crippen molar-refractivity contribution in [2.24, 2.45) is 0 Å². The molecule has 0 spiro atoms. The van der Waals surface area contributed by atoms with Crippen molar-refractivity contribution in [3.05, 3.63) is 71.4 Å². The summed E-state index contributed by atoms with van der Waals surface area (Å²) in [6.07, 6.45) is 7.09. The fourth-order valence-electron chi connectivity index (χ4n) is 4.60. The molecule has 0 atom stereocenters. The van der Waals surface area contributed by atoms with Crippen LogP contribution in [0.2, 0.25) is 5.02 Å². The lowest BCUT2D eigenvalue weighted by Crippen LogP contribution is -2.19. The minimum absolute atomic E-state index is 0.0182. The number of rotatable bonds is 7. The molecule has 0 aliphatic heterocycles. The van der Waals surface area contributed by atoms with Crippen LogP contribution in [0.5, 0.6) is 5.75 Å². The topological polar surface area (TPSA) is 95.8 Å². The largest absolute Gasteiger partial charge is 0.492 e. The van der Waals surface area contributed by atoms with Gasteiger partial charge in [0.05, 0.1) is 34.3 Å². The van der Waals surface area contributed by atoms with Gasteiger partial charge in [0.2, 0.25) is 0 Å². The number of ether oxygens (including phenoxy) is 1. The molecule has 2 heterocycles. The van der Waals surface area contributed by atoms with E-state index in [1.54, 1.807) is 12.3 Å². The maximum atomic E-state index is 13.6. The number of nitrogens with one attached hydrogen (secondary N) is 2. The Morgan fingerprint density at radius 3 is 2.61 bits per heavy atom. The highest BCUT2D eigenvalue weighted by Gasteiger charge is 2.36. The Morgan fingerprint density at radius 2 is 1.92 bits per heavy atom. The van der Waals surface area contributed by atoms with Crippen LogP contribution in [-0.4, -0.2) is 21.6 Å². The van der Waals surface area contributed by atoms with Gasteiger partial charge in [-0.1, -0.05) is 30.5 Å². The predicted octanol–water partition coefficient (Wildman–Crippen LogP) is 7.04. The maximum absolute atomic E-state index is 13.6. The van der Waals surface area contributed by atoms with Crippen molar-refractivity contribution in [3.63, 3.8) is 0 Å². The molecular weight excluding hydrogens is 479 g/mol. The third-order valence-electron chi connectivity index (χ3n) is 6.47. The van der Waals surface area contributed by atoms with Crippen LogP contribution < -0.4 is 15.4 Å². The van der Waals surface area contributed by atoms with Crippen LogP contribution in [0.1, 0.15) is 38.2 Å². The van der Waals surface area contributed by atoms with E-state index in [1.165, 1.54) is 18.5 Å². The molecule has 7 nitrogen and oxygen atoms in total. The van der Waals surface area contributed by atoms with Crippen molar-refractivity contribution in [3.8, 4) is 11.8 Å². The lowest BCUT2D eigenvalue weighted by Gasteiger charge is -2.20. The molecule has 0 unspecified atom stereocenters. The molecule has 0 amide bonds. The number of nitrogens with zero attached hydrogens (tertiary/aromatic N) is 4. The Balaban J connectivity index is 1.48. The molecule has 5 rings (SSSR count). The van der Waals surface area contributed by atoms with Crippen molar-refractivity contribution in [2.45, 2.75) is 38.0 Å². The van der Waals surface area contributed by atoms with Gasteiger partial charge in [-0.25, -0.2) is 19.3 Å². The lowest BCUT2D eigenvalue weighted by atomic mass is 9.81. The van der Waals surface area contributed by atoms with E-state index in [4.69, 9.17) is 16.3 Å². The van der Waals surface area contributed by atoms with Gasteiger partial charge in [0, 0.05) is 23.3 Å². The third-order valence-corrected chi connectivity index (χ3v) is 6.76. The average molecular weight is 503 g/mol. The zero-order valence-corrected chi connectivity index (χ0v) is 20.4. The number of pyridine rings is 1. The molecule has 182 valence electrons. The summed E-state index contributed by atoms with van der Waals surface area (Å²) in [5.74, 6) is 1.29. The molecule has 0 saturated heterocycles. The van der Waals surface area contributed by atoms with Gasteiger partial charge in [0.15, 0.2) is 0 Å². The Bertz CT molecular complexity index is 1450. The standard InChI is InChI=1S/C27H24ClFN6O/c1-2-36-24-13-22-19(26(33-16-32-22)34-18-6-7-21(29)20(28)11-18)12-23(24)35-25-8-5-17(14-31-25)27(15-30)9-3-4-10-27/h5-8,11-14,16H,2-4,9-10H2,1H3,(H,31,35)(H,32,33,34). The van der Waals surface area contributed by atoms with Crippen LogP contribution in [0, 0.1) is 17.1 Å². The molecular formula is C27H24ClFN6O. The van der Waals surface area contributed by atoms with Crippen LogP contribution in [0.3, 0.4) is 0 Å². The molecule has 2 aromatic heterocycles. The first kappa shape index (κ1) is 23.8. The number of halogens is 2. The van der Waals surface area contributed by atoms with E-state index in [2.05, 4.69) is 31.7 Å². The Labute approximate surface area is 213 Å². The highest BCUT2D eigenvalue weighted by atomic mass is 35.5. The first-order valence-corrected chi connectivity index (χ1v) is 12.2. The van der Waals surface area contributed by atoms with Crippen molar-refractivity contribution >= 4 is 45.5 Å². The molecule has 2 N–H and O–H groups in total. The molecule has 1 fully saturated rings. The van der Waals surface area contributed by atoms with E-state index in [-0.39, 0.29) is 5.02 Å². The predicted molar refractivity (Wildman–Crippen MR) is 139 cm³/mol. The van der Waals surface area contributed by atoms with Crippen LogP contribution in [-0.2, 0) is 5.41 Å². The second-order valence-electron chi connectivity index (χ2n) is 8.73. The van der Waals surface area contributed by atoms with Gasteiger partial charge in [-0.3, -0.25) is 0 Å². The van der Waals surface area contributed by atoms with Crippen molar-refractivity contribution < 1.29 is 9.13 Å². The summed E-state index contributed by atoms with van der Waals surface area (Å²) in [5, 5.41) is 17.0. The second kappa shape index (κ2) is 9.96. The highest BCUT2D eigenvalue weighted by Crippen LogP contribution is 2.41. The summed E-state index contributed by atoms with van der Waals surface area (Å²) in [6.45, 7) is 2.39. The Hall–Kier alpha value is -3.96. The Morgan fingerprint density at radius 1 is 1.08 bits per heavy atom. The molecule has 1 aliphatic carbocycles. The number of hydrogen-bond donors (Lipinski definition) is 2. The zero-order chi connectivity index (χ0) is 25.1. The summed E-state index contributed by atoms with van der Waals surface area (Å²) in [5.41, 5.74) is 2.48. The fraction of sp³-hybridized carbons (Fsp3) is 0.259. The minimum atomic E-state index is -0.491. The number of aromatic nitrogens is 3. The summed E-state index contributed by atoms with van der Waals surface area (Å²) >= 11 is 5.94. The number of hydrogen-bond acceptors (Lipinski definition) is 7. The van der Waals surface area contributed by atoms with Crippen LogP contribution >= 0.6 is 11.6 Å². The highest BCUT2D eigenvalue weighted by molar-refractivity contribution is 6.31. The monoisotopic (exact) mass is 502 g/mol. The van der Waals surface area contributed by atoms with Gasteiger partial charge in [0.1, 0.15) is 29.5 Å². The van der Waals surface area contributed by atoms with Crippen molar-refractivity contribution in [1.29, 1.82) is 5.26 Å². The van der Waals surface area contributed by atoms with E-state index in [0.29, 0.717) is 40.9 Å². The molecule has 0 radical (unpaired) electrons. The summed E-state index contributed by atoms with van der Waals surface area (Å²) in [6, 6.07) is 14.5. The van der Waals surface area contributed by atoms with E-state index in [9.17, 15) is 9.65 Å². The quantitative estimate of drug-likeness (QED) is 0.280. The number of benzene rings is 2. The molecule has 1 aliphatic rings. The van der Waals surface area contributed by atoms with Gasteiger partial charge in [-0.05, 0) is 55.7 Å². The molecule has 4 aromatic rings. The summed E-state index contributed by atoms with van der Waals surface area (Å²) < 4.78 is 19.5. The second-order valence-corrected chi connectivity index (χ2v) is 9.14. The smallest absolute Gasteiger partial charge is 0.144 e. The van der Waals surface area contributed by atoms with E-state index in [0.717, 1.165) is 36.6 Å². The van der Waals surface area contributed by atoms with Crippen LogP contribution in [0.4, 0.5) is 27.4 Å². The number of fused-ring (bicyclic) bond motifs is 1. The maximum Gasteiger partial charge on any atom is 0.144 e. The number of anilines is 4. The molecule has 2 aromatic carbocycles. The van der Waals surface area contributed by atoms with Gasteiger partial charge in [0.25, 0.3) is 0 Å². The normalized spacial score (nSPS) is 14.4. The van der Waals surface area contributed by atoms with Gasteiger partial charge >= 0.3 is 0 Å². The third kappa shape index (κ3) is 4.62. The fourth-order valence-corrected chi connectivity index (χ4v) is 4.78. The van der Waals surface area contributed by atoms with E-state index in [1.807, 2.05) is 31.2 Å². The van der Waals surface area contributed by atoms with Crippen LogP contribution in [0.15, 0.2) is 55.0 Å². The van der Waals surface area contributed by atoms with Gasteiger partial charge in [-0.15, -0.1) is 0 Å². The zero-order valence-electron chi connectivity index (χ0n) is 19.7. The average Bonchev–Trinajstić information content (AvgIpc) is 3.38. The van der Waals surface area contributed by atoms with E-state index >= 15 is 0 Å². The molecule has 1 saturated carbocycles. The van der Waals surface area contributed by atoms with Gasteiger partial charge < -0.3 is 15.4 Å². The van der Waals surface area contributed by atoms with Gasteiger partial charge in [-0.2, -0.15) is 5.26 Å². The molecule has 9 heteroatoms. The Kier molecular flexibility index (Phi) is 6.57. The van der Waals surface area contributed by atoms with Crippen LogP contribution in [0.25, 0.3) is 10.9 Å². The minimum Gasteiger partial charge on any atom is -0.492 e. The first-order chi connectivity index (χ1) is 17.5.